The Hall–Kier alpha value is -2.29. The van der Waals surface area contributed by atoms with Crippen molar-refractivity contribution in [3.8, 4) is 0 Å². The van der Waals surface area contributed by atoms with Crippen LogP contribution < -0.4 is 5.32 Å². The molecule has 0 fully saturated rings. The van der Waals surface area contributed by atoms with Gasteiger partial charge in [0.1, 0.15) is 0 Å². The Morgan fingerprint density at radius 3 is 2.44 bits per heavy atom. The highest BCUT2D eigenvalue weighted by Gasteiger charge is 2.26. The van der Waals surface area contributed by atoms with Crippen LogP contribution in [0.5, 0.6) is 0 Å². The largest absolute Gasteiger partial charge is 0.452 e. The van der Waals surface area contributed by atoms with E-state index in [4.69, 9.17) is 4.74 Å². The first kappa shape index (κ1) is 21.0. The lowest BCUT2D eigenvalue weighted by Gasteiger charge is -2.13. The molecule has 2 rings (SSSR count). The molecule has 0 atom stereocenters. The predicted octanol–water partition coefficient (Wildman–Crippen LogP) is 2.85. The minimum atomic E-state index is -4.72. The Morgan fingerprint density at radius 2 is 1.85 bits per heavy atom. The van der Waals surface area contributed by atoms with E-state index in [-0.39, 0.29) is 5.56 Å². The van der Waals surface area contributed by atoms with E-state index >= 15 is 0 Å². The fourth-order valence-corrected chi connectivity index (χ4v) is 3.36. The topological polar surface area (TPSA) is 89.5 Å². The number of sulfone groups is 1. The first-order valence-corrected chi connectivity index (χ1v) is 10.1. The number of carbonyl (C=O) groups is 2. The molecule has 0 bridgehead atoms. The summed E-state index contributed by atoms with van der Waals surface area (Å²) in [6.45, 7) is -0.0165. The van der Waals surface area contributed by atoms with E-state index in [2.05, 4.69) is 11.4 Å². The number of allylic oxidation sites excluding steroid dienone is 1. The molecular weight excluding hydrogens is 380 g/mol. The monoisotopic (exact) mass is 401 g/mol. The Kier molecular flexibility index (Phi) is 7.46. The van der Waals surface area contributed by atoms with E-state index in [1.165, 1.54) is 12.0 Å². The number of benzene rings is 1. The van der Waals surface area contributed by atoms with Crippen molar-refractivity contribution in [3.63, 3.8) is 0 Å². The van der Waals surface area contributed by atoms with Gasteiger partial charge in [-0.2, -0.15) is 8.78 Å². The average Bonchev–Trinajstić information content (AvgIpc) is 2.67. The number of amides is 1. The van der Waals surface area contributed by atoms with Crippen LogP contribution in [0.15, 0.2) is 40.8 Å². The summed E-state index contributed by atoms with van der Waals surface area (Å²) >= 11 is 0. The van der Waals surface area contributed by atoms with Crippen molar-refractivity contribution >= 4 is 21.7 Å². The van der Waals surface area contributed by atoms with Crippen molar-refractivity contribution in [2.75, 3.05) is 13.2 Å². The van der Waals surface area contributed by atoms with Crippen molar-refractivity contribution in [1.29, 1.82) is 0 Å². The smallest absolute Gasteiger partial charge is 0.341 e. The lowest BCUT2D eigenvalue weighted by atomic mass is 9.97. The highest BCUT2D eigenvalue weighted by molar-refractivity contribution is 7.91. The van der Waals surface area contributed by atoms with Gasteiger partial charge in [-0.05, 0) is 56.4 Å². The maximum absolute atomic E-state index is 12.5. The highest BCUT2D eigenvalue weighted by Crippen LogP contribution is 2.20. The summed E-state index contributed by atoms with van der Waals surface area (Å²) in [6.07, 6.45) is 7.42. The zero-order valence-electron chi connectivity index (χ0n) is 14.6. The third kappa shape index (κ3) is 6.13. The maximum atomic E-state index is 12.5. The number of carbonyl (C=O) groups excluding carboxylic acids is 2. The molecule has 1 aliphatic rings. The number of hydrogen-bond acceptors (Lipinski definition) is 5. The molecule has 1 aromatic carbocycles. The van der Waals surface area contributed by atoms with Gasteiger partial charge in [-0.25, -0.2) is 13.2 Å². The van der Waals surface area contributed by atoms with Gasteiger partial charge in [-0.1, -0.05) is 11.6 Å². The summed E-state index contributed by atoms with van der Waals surface area (Å²) in [7, 11) is -4.72. The number of nitrogens with one attached hydrogen (secondary N) is 1. The molecule has 1 aliphatic carbocycles. The van der Waals surface area contributed by atoms with Gasteiger partial charge in [0.05, 0.1) is 10.5 Å². The summed E-state index contributed by atoms with van der Waals surface area (Å²) in [5, 5.41) is 2.66. The van der Waals surface area contributed by atoms with Crippen LogP contribution in [-0.2, 0) is 19.4 Å². The molecule has 1 amide bonds. The fraction of sp³-hybridized carbons (Fsp3) is 0.444. The van der Waals surface area contributed by atoms with Gasteiger partial charge in [-0.3, -0.25) is 4.79 Å². The molecule has 148 valence electrons. The van der Waals surface area contributed by atoms with Crippen LogP contribution in [0.25, 0.3) is 0 Å². The van der Waals surface area contributed by atoms with Gasteiger partial charge in [0.2, 0.25) is 9.84 Å². The number of alkyl halides is 2. The molecule has 0 saturated carbocycles. The van der Waals surface area contributed by atoms with E-state index < -0.39 is 39.0 Å². The van der Waals surface area contributed by atoms with E-state index in [0.29, 0.717) is 6.54 Å². The molecule has 0 heterocycles. The molecule has 1 N–H and O–H groups in total. The number of ether oxygens (including phenoxy) is 1. The van der Waals surface area contributed by atoms with E-state index in [0.717, 1.165) is 49.9 Å². The van der Waals surface area contributed by atoms with Crippen LogP contribution in [0.3, 0.4) is 0 Å². The van der Waals surface area contributed by atoms with E-state index in [1.807, 2.05) is 0 Å². The lowest BCUT2D eigenvalue weighted by Crippen LogP contribution is -2.29. The van der Waals surface area contributed by atoms with Gasteiger partial charge in [0.25, 0.3) is 5.91 Å². The minimum Gasteiger partial charge on any atom is -0.452 e. The van der Waals surface area contributed by atoms with Gasteiger partial charge in [-0.15, -0.1) is 0 Å². The zero-order chi connectivity index (χ0) is 19.9. The number of hydrogen-bond donors (Lipinski definition) is 1. The normalized spacial score (nSPS) is 14.6. The maximum Gasteiger partial charge on any atom is 0.341 e. The van der Waals surface area contributed by atoms with E-state index in [9.17, 15) is 26.8 Å². The predicted molar refractivity (Wildman–Crippen MR) is 94.1 cm³/mol. The highest BCUT2D eigenvalue weighted by atomic mass is 32.2. The van der Waals surface area contributed by atoms with Crippen LogP contribution in [0.2, 0.25) is 0 Å². The van der Waals surface area contributed by atoms with Crippen LogP contribution in [0.4, 0.5) is 8.78 Å². The summed E-state index contributed by atoms with van der Waals surface area (Å²) in [4.78, 5) is 23.0. The van der Waals surface area contributed by atoms with Gasteiger partial charge < -0.3 is 10.1 Å². The molecule has 0 aromatic heterocycles. The Bertz CT molecular complexity index is 804. The van der Waals surface area contributed by atoms with Gasteiger partial charge in [0.15, 0.2) is 6.61 Å². The zero-order valence-corrected chi connectivity index (χ0v) is 15.4. The van der Waals surface area contributed by atoms with Gasteiger partial charge >= 0.3 is 11.7 Å². The molecular formula is C18H21F2NO5S. The van der Waals surface area contributed by atoms with Crippen LogP contribution >= 0.6 is 0 Å². The first-order chi connectivity index (χ1) is 12.8. The first-order valence-electron chi connectivity index (χ1n) is 8.54. The Labute approximate surface area is 156 Å². The third-order valence-corrected chi connectivity index (χ3v) is 5.54. The molecule has 0 saturated heterocycles. The van der Waals surface area contributed by atoms with Crippen LogP contribution in [0, 0.1) is 0 Å². The SMILES string of the molecule is O=C(COC(=O)c1ccc(S(=O)(=O)C(F)F)cc1)NCCC1=CCCCC1. The summed E-state index contributed by atoms with van der Waals surface area (Å²) in [5.41, 5.74) is 1.28. The molecule has 6 nitrogen and oxygen atoms in total. The Balaban J connectivity index is 1.77. The van der Waals surface area contributed by atoms with Crippen molar-refractivity contribution in [2.24, 2.45) is 0 Å². The van der Waals surface area contributed by atoms with Gasteiger partial charge in [0, 0.05) is 6.54 Å². The van der Waals surface area contributed by atoms with Crippen molar-refractivity contribution in [1.82, 2.24) is 5.32 Å². The molecule has 0 unspecified atom stereocenters. The van der Waals surface area contributed by atoms with Crippen molar-refractivity contribution in [3.05, 3.63) is 41.5 Å². The number of rotatable bonds is 8. The van der Waals surface area contributed by atoms with E-state index in [1.54, 1.807) is 0 Å². The van der Waals surface area contributed by atoms with Crippen molar-refractivity contribution < 1.29 is 31.5 Å². The number of esters is 1. The van der Waals surface area contributed by atoms with Crippen LogP contribution in [0.1, 0.15) is 42.5 Å². The van der Waals surface area contributed by atoms with Crippen LogP contribution in [-0.4, -0.2) is 39.2 Å². The Morgan fingerprint density at radius 1 is 1.15 bits per heavy atom. The summed E-state index contributed by atoms with van der Waals surface area (Å²) in [6, 6.07) is 3.92. The minimum absolute atomic E-state index is 0.0385. The average molecular weight is 401 g/mol. The molecule has 27 heavy (non-hydrogen) atoms. The second kappa shape index (κ2) is 9.59. The molecule has 9 heteroatoms. The molecule has 0 radical (unpaired) electrons. The second-order valence-electron chi connectivity index (χ2n) is 6.11. The third-order valence-electron chi connectivity index (χ3n) is 4.14. The van der Waals surface area contributed by atoms with Crippen molar-refractivity contribution in [2.45, 2.75) is 42.8 Å². The lowest BCUT2D eigenvalue weighted by molar-refractivity contribution is -0.124. The molecule has 0 spiro atoms. The standard InChI is InChI=1S/C18H21F2NO5S/c19-18(20)27(24,25)15-8-6-14(7-9-15)17(23)26-12-16(22)21-11-10-13-4-2-1-3-5-13/h4,6-9,18H,1-3,5,10-12H2,(H,21,22). The quantitative estimate of drug-likeness (QED) is 0.534. The second-order valence-corrected chi connectivity index (χ2v) is 8.03. The molecule has 0 aliphatic heterocycles. The molecule has 1 aromatic rings. The summed E-state index contributed by atoms with van der Waals surface area (Å²) < 4.78 is 52.4. The number of halogens is 2. The fourth-order valence-electron chi connectivity index (χ4n) is 2.64. The summed E-state index contributed by atoms with van der Waals surface area (Å²) in [5.74, 6) is -4.83.